The van der Waals surface area contributed by atoms with Crippen LogP contribution in [0.3, 0.4) is 0 Å². The molecule has 1 aliphatic rings. The monoisotopic (exact) mass is 373 g/mol. The van der Waals surface area contributed by atoms with Crippen molar-refractivity contribution in [1.29, 1.82) is 0 Å². The van der Waals surface area contributed by atoms with E-state index >= 15 is 0 Å². The lowest BCUT2D eigenvalue weighted by Crippen LogP contribution is -2.41. The van der Waals surface area contributed by atoms with Gasteiger partial charge in [0.25, 0.3) is 0 Å². The Bertz CT molecular complexity index is 903. The highest BCUT2D eigenvalue weighted by molar-refractivity contribution is 7.10. The SMILES string of the molecule is O=C(CCc1nc2ccc(F)cc2[nH]1)N[C@@H](c1cccs1)C1CC(O)C1. The molecule has 26 heavy (non-hydrogen) atoms. The molecule has 0 radical (unpaired) electrons. The zero-order valence-corrected chi connectivity index (χ0v) is 14.9. The van der Waals surface area contributed by atoms with Crippen LogP contribution in [0.25, 0.3) is 11.0 Å². The second kappa shape index (κ2) is 7.17. The molecule has 2 heterocycles. The molecular weight excluding hydrogens is 353 g/mol. The number of thiophene rings is 1. The van der Waals surface area contributed by atoms with Crippen molar-refractivity contribution in [3.05, 3.63) is 52.2 Å². The molecular formula is C19H20FN3O2S. The predicted molar refractivity (Wildman–Crippen MR) is 98.3 cm³/mol. The molecule has 0 aliphatic heterocycles. The maximum Gasteiger partial charge on any atom is 0.220 e. The minimum absolute atomic E-state index is 0.0450. The van der Waals surface area contributed by atoms with Crippen LogP contribution in [0, 0.1) is 11.7 Å². The Labute approximate surface area is 154 Å². The number of hydrogen-bond donors (Lipinski definition) is 3. The molecule has 0 unspecified atom stereocenters. The number of carbonyl (C=O) groups excluding carboxylic acids is 1. The number of aliphatic hydroxyl groups excluding tert-OH is 1. The number of nitrogens with one attached hydrogen (secondary N) is 2. The Balaban J connectivity index is 1.38. The minimum Gasteiger partial charge on any atom is -0.393 e. The fraction of sp³-hybridized carbons (Fsp3) is 0.368. The van der Waals surface area contributed by atoms with E-state index in [1.165, 1.54) is 12.1 Å². The van der Waals surface area contributed by atoms with E-state index in [1.807, 2.05) is 17.5 Å². The lowest BCUT2D eigenvalue weighted by Gasteiger charge is -2.37. The largest absolute Gasteiger partial charge is 0.393 e. The van der Waals surface area contributed by atoms with Crippen LogP contribution in [-0.4, -0.2) is 27.1 Å². The first-order valence-electron chi connectivity index (χ1n) is 8.73. The topological polar surface area (TPSA) is 78.0 Å². The molecule has 0 bridgehead atoms. The summed E-state index contributed by atoms with van der Waals surface area (Å²) >= 11 is 1.62. The van der Waals surface area contributed by atoms with E-state index in [-0.39, 0.29) is 29.8 Å². The van der Waals surface area contributed by atoms with Crippen LogP contribution in [0.15, 0.2) is 35.7 Å². The number of carbonyl (C=O) groups is 1. The van der Waals surface area contributed by atoms with Gasteiger partial charge in [-0.05, 0) is 48.4 Å². The first kappa shape index (κ1) is 17.2. The number of aryl methyl sites for hydroxylation is 1. The number of nitrogens with zero attached hydrogens (tertiary/aromatic N) is 1. The van der Waals surface area contributed by atoms with Crippen LogP contribution < -0.4 is 5.32 Å². The highest BCUT2D eigenvalue weighted by Gasteiger charge is 2.36. The fourth-order valence-corrected chi connectivity index (χ4v) is 4.29. The normalized spacial score (nSPS) is 20.7. The summed E-state index contributed by atoms with van der Waals surface area (Å²) < 4.78 is 13.3. The first-order valence-corrected chi connectivity index (χ1v) is 9.61. The van der Waals surface area contributed by atoms with E-state index in [9.17, 15) is 14.3 Å². The summed E-state index contributed by atoms with van der Waals surface area (Å²) in [5.74, 6) is 0.595. The van der Waals surface area contributed by atoms with Gasteiger partial charge in [0.1, 0.15) is 11.6 Å². The minimum atomic E-state index is -0.313. The molecule has 7 heteroatoms. The highest BCUT2D eigenvalue weighted by atomic mass is 32.1. The summed E-state index contributed by atoms with van der Waals surface area (Å²) in [7, 11) is 0. The Morgan fingerprint density at radius 3 is 3.00 bits per heavy atom. The molecule has 0 spiro atoms. The van der Waals surface area contributed by atoms with E-state index < -0.39 is 0 Å². The molecule has 1 fully saturated rings. The highest BCUT2D eigenvalue weighted by Crippen LogP contribution is 2.39. The van der Waals surface area contributed by atoms with Crippen LogP contribution in [0.4, 0.5) is 4.39 Å². The number of H-pyrrole nitrogens is 1. The van der Waals surface area contributed by atoms with Gasteiger partial charge in [0, 0.05) is 17.7 Å². The molecule has 0 saturated heterocycles. The van der Waals surface area contributed by atoms with Gasteiger partial charge in [0.2, 0.25) is 5.91 Å². The van der Waals surface area contributed by atoms with E-state index in [2.05, 4.69) is 15.3 Å². The Kier molecular flexibility index (Phi) is 4.74. The van der Waals surface area contributed by atoms with E-state index in [0.29, 0.717) is 29.7 Å². The van der Waals surface area contributed by atoms with Gasteiger partial charge in [-0.2, -0.15) is 0 Å². The van der Waals surface area contributed by atoms with Crippen molar-refractivity contribution in [2.24, 2.45) is 5.92 Å². The zero-order chi connectivity index (χ0) is 18.1. The first-order chi connectivity index (χ1) is 12.6. The number of amides is 1. The van der Waals surface area contributed by atoms with Crippen molar-refractivity contribution in [3.8, 4) is 0 Å². The molecule has 2 aromatic heterocycles. The van der Waals surface area contributed by atoms with Gasteiger partial charge in [-0.3, -0.25) is 4.79 Å². The Hall–Kier alpha value is -2.25. The summed E-state index contributed by atoms with van der Waals surface area (Å²) in [6.07, 6.45) is 1.96. The number of fused-ring (bicyclic) bond motifs is 1. The number of rotatable bonds is 6. The number of aromatic amines is 1. The predicted octanol–water partition coefficient (Wildman–Crippen LogP) is 3.32. The molecule has 1 saturated carbocycles. The van der Waals surface area contributed by atoms with Crippen LogP contribution in [0.2, 0.25) is 0 Å². The van der Waals surface area contributed by atoms with Crippen molar-refractivity contribution in [2.45, 2.75) is 37.8 Å². The number of imidazole rings is 1. The average Bonchev–Trinajstić information content (AvgIpc) is 3.24. The Morgan fingerprint density at radius 1 is 1.42 bits per heavy atom. The van der Waals surface area contributed by atoms with Crippen LogP contribution in [0.1, 0.15) is 36.0 Å². The van der Waals surface area contributed by atoms with E-state index in [4.69, 9.17) is 0 Å². The Morgan fingerprint density at radius 2 is 2.27 bits per heavy atom. The molecule has 136 valence electrons. The van der Waals surface area contributed by atoms with Crippen LogP contribution >= 0.6 is 11.3 Å². The standard InChI is InChI=1S/C19H20FN3O2S/c20-12-3-4-14-15(10-12)22-17(21-14)5-6-18(25)23-19(11-8-13(24)9-11)16-2-1-7-26-16/h1-4,7,10-11,13,19,24H,5-6,8-9H2,(H,21,22)(H,23,25)/t11?,13?,19-/m1/s1. The molecule has 4 rings (SSSR count). The molecule has 3 aromatic rings. The number of hydrogen-bond acceptors (Lipinski definition) is 4. The third kappa shape index (κ3) is 3.64. The van der Waals surface area contributed by atoms with Gasteiger partial charge >= 0.3 is 0 Å². The maximum absolute atomic E-state index is 13.3. The third-order valence-corrected chi connectivity index (χ3v) is 5.82. The summed E-state index contributed by atoms with van der Waals surface area (Å²) in [6.45, 7) is 0. The lowest BCUT2D eigenvalue weighted by atomic mass is 9.76. The summed E-state index contributed by atoms with van der Waals surface area (Å²) in [6, 6.07) is 8.35. The lowest BCUT2D eigenvalue weighted by molar-refractivity contribution is -0.123. The quantitative estimate of drug-likeness (QED) is 0.620. The molecule has 1 amide bonds. The fourth-order valence-electron chi connectivity index (χ4n) is 3.42. The number of aliphatic hydroxyl groups is 1. The van der Waals surface area contributed by atoms with Gasteiger partial charge in [-0.1, -0.05) is 6.07 Å². The molecule has 1 atom stereocenters. The second-order valence-corrected chi connectivity index (χ2v) is 7.77. The number of aromatic nitrogens is 2. The molecule has 1 aliphatic carbocycles. The van der Waals surface area contributed by atoms with Gasteiger partial charge < -0.3 is 15.4 Å². The molecule has 3 N–H and O–H groups in total. The maximum atomic E-state index is 13.3. The zero-order valence-electron chi connectivity index (χ0n) is 14.1. The van der Waals surface area contributed by atoms with Gasteiger partial charge in [0.05, 0.1) is 23.2 Å². The average molecular weight is 373 g/mol. The van der Waals surface area contributed by atoms with Crippen molar-refractivity contribution in [1.82, 2.24) is 15.3 Å². The number of benzene rings is 1. The molecule has 5 nitrogen and oxygen atoms in total. The summed E-state index contributed by atoms with van der Waals surface area (Å²) in [5, 5.41) is 14.7. The van der Waals surface area contributed by atoms with Crippen molar-refractivity contribution in [2.75, 3.05) is 0 Å². The number of halogens is 1. The van der Waals surface area contributed by atoms with Crippen molar-refractivity contribution >= 4 is 28.3 Å². The summed E-state index contributed by atoms with van der Waals surface area (Å²) in [4.78, 5) is 21.0. The van der Waals surface area contributed by atoms with Gasteiger partial charge in [-0.25, -0.2) is 9.37 Å². The van der Waals surface area contributed by atoms with Gasteiger partial charge in [0.15, 0.2) is 0 Å². The second-order valence-electron chi connectivity index (χ2n) is 6.79. The third-order valence-electron chi connectivity index (χ3n) is 4.87. The van der Waals surface area contributed by atoms with Gasteiger partial charge in [-0.15, -0.1) is 11.3 Å². The summed E-state index contributed by atoms with van der Waals surface area (Å²) in [5.41, 5.74) is 1.34. The van der Waals surface area contributed by atoms with Crippen LogP contribution in [-0.2, 0) is 11.2 Å². The van der Waals surface area contributed by atoms with Crippen molar-refractivity contribution < 1.29 is 14.3 Å². The smallest absolute Gasteiger partial charge is 0.220 e. The van der Waals surface area contributed by atoms with E-state index in [0.717, 1.165) is 17.7 Å². The van der Waals surface area contributed by atoms with Crippen molar-refractivity contribution in [3.63, 3.8) is 0 Å². The molecule has 1 aromatic carbocycles. The van der Waals surface area contributed by atoms with E-state index in [1.54, 1.807) is 17.4 Å². The van der Waals surface area contributed by atoms with Crippen LogP contribution in [0.5, 0.6) is 0 Å².